The van der Waals surface area contributed by atoms with Gasteiger partial charge in [-0.2, -0.15) is 0 Å². The van der Waals surface area contributed by atoms with E-state index in [4.69, 9.17) is 16.3 Å². The predicted octanol–water partition coefficient (Wildman–Crippen LogP) is 6.99. The smallest absolute Gasteiger partial charge is 0.120 e. The Morgan fingerprint density at radius 3 is 2.57 bits per heavy atom. The maximum atomic E-state index is 6.20. The molecule has 0 radical (unpaired) electrons. The molecule has 0 saturated heterocycles. The molecule has 0 saturated carbocycles. The van der Waals surface area contributed by atoms with Gasteiger partial charge in [0.15, 0.2) is 0 Å². The van der Waals surface area contributed by atoms with E-state index in [1.807, 2.05) is 37.3 Å². The Hall–Kier alpha value is -2.97. The van der Waals surface area contributed by atoms with Crippen molar-refractivity contribution >= 4 is 28.1 Å². The number of nitrogens with one attached hydrogen (secondary N) is 1. The number of benzene rings is 4. The van der Waals surface area contributed by atoms with Gasteiger partial charge >= 0.3 is 0 Å². The van der Waals surface area contributed by atoms with Gasteiger partial charge < -0.3 is 10.1 Å². The van der Waals surface area contributed by atoms with Gasteiger partial charge in [-0.3, -0.25) is 0 Å². The first-order valence-corrected chi connectivity index (χ1v) is 9.76. The van der Waals surface area contributed by atoms with E-state index in [0.29, 0.717) is 13.2 Å². The number of rotatable bonds is 6. The summed E-state index contributed by atoms with van der Waals surface area (Å²) >= 11 is 6.20. The lowest BCUT2D eigenvalue weighted by Crippen LogP contribution is -2.02. The van der Waals surface area contributed by atoms with E-state index in [9.17, 15) is 0 Å². The highest BCUT2D eigenvalue weighted by Crippen LogP contribution is 2.24. The summed E-state index contributed by atoms with van der Waals surface area (Å²) in [5.41, 5.74) is 4.47. The predicted molar refractivity (Wildman–Crippen MR) is 118 cm³/mol. The topological polar surface area (TPSA) is 21.3 Å². The van der Waals surface area contributed by atoms with E-state index in [-0.39, 0.29) is 0 Å². The van der Waals surface area contributed by atoms with E-state index in [0.717, 1.165) is 27.6 Å². The molecule has 0 fully saturated rings. The van der Waals surface area contributed by atoms with Gasteiger partial charge in [-0.1, -0.05) is 72.3 Å². The van der Waals surface area contributed by atoms with Crippen molar-refractivity contribution in [3.8, 4) is 5.75 Å². The molecule has 0 amide bonds. The zero-order valence-corrected chi connectivity index (χ0v) is 16.5. The second-order valence-electron chi connectivity index (χ2n) is 6.84. The minimum absolute atomic E-state index is 0.547. The van der Waals surface area contributed by atoms with E-state index < -0.39 is 0 Å². The molecule has 0 aliphatic rings. The lowest BCUT2D eigenvalue weighted by molar-refractivity contribution is 0.307. The van der Waals surface area contributed by atoms with Crippen molar-refractivity contribution < 1.29 is 4.74 Å². The molecule has 0 aliphatic carbocycles. The Labute approximate surface area is 170 Å². The van der Waals surface area contributed by atoms with E-state index >= 15 is 0 Å². The van der Waals surface area contributed by atoms with Crippen molar-refractivity contribution in [3.05, 3.63) is 107 Å². The number of hydrogen-bond donors (Lipinski definition) is 1. The fraction of sp³-hybridized carbons (Fsp3) is 0.120. The molecule has 0 atom stereocenters. The van der Waals surface area contributed by atoms with Crippen LogP contribution in [0.3, 0.4) is 0 Å². The Balaban J connectivity index is 1.44. The highest BCUT2D eigenvalue weighted by Gasteiger charge is 2.04. The average molecular weight is 388 g/mol. The first kappa shape index (κ1) is 18.4. The molecule has 0 spiro atoms. The lowest BCUT2D eigenvalue weighted by atomic mass is 10.1. The Morgan fingerprint density at radius 2 is 1.64 bits per heavy atom. The number of hydrogen-bond acceptors (Lipinski definition) is 2. The van der Waals surface area contributed by atoms with Gasteiger partial charge in [0, 0.05) is 17.3 Å². The highest BCUT2D eigenvalue weighted by molar-refractivity contribution is 6.31. The lowest BCUT2D eigenvalue weighted by Gasteiger charge is -2.12. The number of halogens is 1. The quantitative estimate of drug-likeness (QED) is 0.384. The fourth-order valence-corrected chi connectivity index (χ4v) is 3.50. The molecular formula is C25H22ClNO. The average Bonchev–Trinajstić information content (AvgIpc) is 2.73. The van der Waals surface area contributed by atoms with Crippen molar-refractivity contribution in [2.45, 2.75) is 20.1 Å². The summed E-state index contributed by atoms with van der Waals surface area (Å²) < 4.78 is 6.09. The van der Waals surface area contributed by atoms with Crippen LogP contribution in [0, 0.1) is 6.92 Å². The Morgan fingerprint density at radius 1 is 0.857 bits per heavy atom. The third-order valence-corrected chi connectivity index (χ3v) is 5.33. The third kappa shape index (κ3) is 4.13. The minimum Gasteiger partial charge on any atom is -0.489 e. The van der Waals surface area contributed by atoms with Crippen molar-refractivity contribution in [2.75, 3.05) is 5.32 Å². The van der Waals surface area contributed by atoms with Crippen LogP contribution in [0.4, 0.5) is 5.69 Å². The van der Waals surface area contributed by atoms with Crippen LogP contribution in [-0.4, -0.2) is 0 Å². The molecule has 4 aromatic rings. The van der Waals surface area contributed by atoms with Gasteiger partial charge in [-0.05, 0) is 58.7 Å². The SMILES string of the molecule is Cc1c(Cl)cccc1NCc1cccc(OCc2cccc3ccccc23)c1. The van der Waals surface area contributed by atoms with Crippen molar-refractivity contribution in [2.24, 2.45) is 0 Å². The summed E-state index contributed by atoms with van der Waals surface area (Å²) in [4.78, 5) is 0. The van der Waals surface area contributed by atoms with Crippen LogP contribution in [-0.2, 0) is 13.2 Å². The molecule has 140 valence electrons. The van der Waals surface area contributed by atoms with Crippen molar-refractivity contribution in [3.63, 3.8) is 0 Å². The molecule has 0 bridgehead atoms. The van der Waals surface area contributed by atoms with Gasteiger partial charge in [0.25, 0.3) is 0 Å². The zero-order chi connectivity index (χ0) is 19.3. The van der Waals surface area contributed by atoms with Gasteiger partial charge in [0.05, 0.1) is 0 Å². The maximum absolute atomic E-state index is 6.20. The first-order valence-electron chi connectivity index (χ1n) is 9.38. The van der Waals surface area contributed by atoms with Gasteiger partial charge in [-0.25, -0.2) is 0 Å². The second-order valence-corrected chi connectivity index (χ2v) is 7.25. The van der Waals surface area contributed by atoms with Crippen LogP contribution in [0.25, 0.3) is 10.8 Å². The molecule has 4 rings (SSSR count). The molecule has 4 aromatic carbocycles. The highest BCUT2D eigenvalue weighted by atomic mass is 35.5. The van der Waals surface area contributed by atoms with Gasteiger partial charge in [0.1, 0.15) is 12.4 Å². The molecule has 0 heterocycles. The Kier molecular flexibility index (Phi) is 5.50. The molecule has 2 nitrogen and oxygen atoms in total. The Bertz CT molecular complexity index is 1100. The van der Waals surface area contributed by atoms with Crippen molar-refractivity contribution in [1.29, 1.82) is 0 Å². The summed E-state index contributed by atoms with van der Waals surface area (Å²) in [6.07, 6.45) is 0. The van der Waals surface area contributed by atoms with Crippen LogP contribution < -0.4 is 10.1 Å². The van der Waals surface area contributed by atoms with Crippen LogP contribution in [0.5, 0.6) is 5.75 Å². The minimum atomic E-state index is 0.547. The summed E-state index contributed by atoms with van der Waals surface area (Å²) in [5, 5.41) is 6.70. The summed E-state index contributed by atoms with van der Waals surface area (Å²) in [7, 11) is 0. The van der Waals surface area contributed by atoms with Crippen LogP contribution >= 0.6 is 11.6 Å². The normalized spacial score (nSPS) is 10.8. The van der Waals surface area contributed by atoms with Crippen molar-refractivity contribution in [1.82, 2.24) is 0 Å². The van der Waals surface area contributed by atoms with Crippen LogP contribution in [0.2, 0.25) is 5.02 Å². The van der Waals surface area contributed by atoms with Gasteiger partial charge in [0.2, 0.25) is 0 Å². The van der Waals surface area contributed by atoms with E-state index in [1.165, 1.54) is 16.3 Å². The molecular weight excluding hydrogens is 366 g/mol. The maximum Gasteiger partial charge on any atom is 0.120 e. The largest absolute Gasteiger partial charge is 0.489 e. The van der Waals surface area contributed by atoms with Gasteiger partial charge in [-0.15, -0.1) is 0 Å². The third-order valence-electron chi connectivity index (χ3n) is 4.92. The summed E-state index contributed by atoms with van der Waals surface area (Å²) in [5.74, 6) is 0.870. The fourth-order valence-electron chi connectivity index (χ4n) is 3.32. The number of ether oxygens (including phenoxy) is 1. The van der Waals surface area contributed by atoms with Crippen LogP contribution in [0.15, 0.2) is 84.9 Å². The molecule has 28 heavy (non-hydrogen) atoms. The van der Waals surface area contributed by atoms with Crippen LogP contribution in [0.1, 0.15) is 16.7 Å². The zero-order valence-electron chi connectivity index (χ0n) is 15.8. The second kappa shape index (κ2) is 8.37. The number of anilines is 1. The molecule has 1 N–H and O–H groups in total. The first-order chi connectivity index (χ1) is 13.7. The monoisotopic (exact) mass is 387 g/mol. The molecule has 0 unspecified atom stereocenters. The molecule has 0 aromatic heterocycles. The summed E-state index contributed by atoms with van der Waals surface area (Å²) in [6.45, 7) is 3.28. The van der Waals surface area contributed by atoms with E-state index in [2.05, 4.69) is 59.9 Å². The van der Waals surface area contributed by atoms with E-state index in [1.54, 1.807) is 0 Å². The summed E-state index contributed by atoms with van der Waals surface area (Å²) in [6, 6.07) is 28.8. The molecule has 3 heteroatoms. The number of fused-ring (bicyclic) bond motifs is 1. The standard InChI is InChI=1S/C25H22ClNO/c1-18-24(26)13-6-14-25(18)27-16-19-7-4-11-22(15-19)28-17-21-10-5-9-20-8-2-3-12-23(20)21/h2-15,27H,16-17H2,1H3. The molecule has 0 aliphatic heterocycles.